The lowest BCUT2D eigenvalue weighted by atomic mass is 9.76. The van der Waals surface area contributed by atoms with Crippen LogP contribution in [0.25, 0.3) is 0 Å². The molecule has 1 saturated heterocycles. The van der Waals surface area contributed by atoms with E-state index >= 15 is 0 Å². The summed E-state index contributed by atoms with van der Waals surface area (Å²) in [5.74, 6) is -6.07. The standard InChI is InChI=1S/C34H55NO12/c1-13-26-33(8,41)16-24(17-43-22(6)36)27(38)18(2)15-34(9,42-12)30(20(4)28(39)21(5)31(40)46-26)47-32-29(45-23(7)37)25(35(10)11)14-19(3)44-32/h16,18-21,25-26,29-30,32,41H,13-15,17H2,1-12H3/b24-16+/t18-,19-,20+,21-,25+,26-,29-,30-,32+,33+,34+/m1/s1. The van der Waals surface area contributed by atoms with E-state index in [9.17, 15) is 29.1 Å². The summed E-state index contributed by atoms with van der Waals surface area (Å²) >= 11 is 0. The maximum Gasteiger partial charge on any atom is 0.316 e. The lowest BCUT2D eigenvalue weighted by Gasteiger charge is -2.47. The van der Waals surface area contributed by atoms with Gasteiger partial charge >= 0.3 is 17.9 Å². The molecule has 2 rings (SSSR count). The molecule has 0 amide bonds. The van der Waals surface area contributed by atoms with Crippen LogP contribution in [0.15, 0.2) is 11.6 Å². The molecule has 1 N–H and O–H groups in total. The van der Waals surface area contributed by atoms with E-state index in [1.807, 2.05) is 25.9 Å². The molecule has 268 valence electrons. The van der Waals surface area contributed by atoms with Crippen molar-refractivity contribution in [3.63, 3.8) is 0 Å². The van der Waals surface area contributed by atoms with Gasteiger partial charge < -0.3 is 38.4 Å². The molecular weight excluding hydrogens is 614 g/mol. The Morgan fingerprint density at radius 3 is 2.19 bits per heavy atom. The molecule has 2 aliphatic heterocycles. The number of nitrogens with zero attached hydrogens (tertiary/aromatic N) is 1. The summed E-state index contributed by atoms with van der Waals surface area (Å²) in [6.07, 6.45) is -2.59. The minimum atomic E-state index is -1.84. The topological polar surface area (TPSA) is 164 Å². The zero-order chi connectivity index (χ0) is 36.0. The molecule has 0 saturated carbocycles. The van der Waals surface area contributed by atoms with E-state index in [0.717, 1.165) is 0 Å². The summed E-state index contributed by atoms with van der Waals surface area (Å²) in [5.41, 5.74) is -3.18. The average Bonchev–Trinajstić information content (AvgIpc) is 2.98. The Hall–Kier alpha value is -2.71. The third-order valence-electron chi connectivity index (χ3n) is 9.24. The van der Waals surface area contributed by atoms with Crippen molar-refractivity contribution in [1.29, 1.82) is 0 Å². The van der Waals surface area contributed by atoms with Gasteiger partial charge in [-0.2, -0.15) is 0 Å². The molecule has 47 heavy (non-hydrogen) atoms. The number of ketones is 2. The molecule has 0 unspecified atom stereocenters. The number of likely N-dealkylation sites (N-methyl/N-ethyl adjacent to an activating group) is 1. The van der Waals surface area contributed by atoms with Crippen molar-refractivity contribution in [3.8, 4) is 0 Å². The predicted octanol–water partition coefficient (Wildman–Crippen LogP) is 2.79. The molecule has 0 aliphatic carbocycles. The van der Waals surface area contributed by atoms with Gasteiger partial charge in [-0.3, -0.25) is 24.0 Å². The Morgan fingerprint density at radius 2 is 1.68 bits per heavy atom. The number of carbonyl (C=O) groups excluding carboxylic acids is 5. The molecule has 1 fully saturated rings. The zero-order valence-corrected chi connectivity index (χ0v) is 30.0. The first kappa shape index (κ1) is 40.5. The van der Waals surface area contributed by atoms with Crippen LogP contribution in [0.2, 0.25) is 0 Å². The maximum atomic E-state index is 14.0. The van der Waals surface area contributed by atoms with Gasteiger partial charge in [-0.05, 0) is 67.1 Å². The fourth-order valence-electron chi connectivity index (χ4n) is 6.55. The number of esters is 3. The van der Waals surface area contributed by atoms with Crippen molar-refractivity contribution >= 4 is 29.5 Å². The molecule has 0 spiro atoms. The monoisotopic (exact) mass is 669 g/mol. The quantitative estimate of drug-likeness (QED) is 0.228. The fraction of sp³-hybridized carbons (Fsp3) is 0.794. The van der Waals surface area contributed by atoms with Crippen LogP contribution in [-0.2, 0) is 52.4 Å². The van der Waals surface area contributed by atoms with Gasteiger partial charge in [0, 0.05) is 38.4 Å². The molecule has 2 heterocycles. The van der Waals surface area contributed by atoms with E-state index in [1.165, 1.54) is 40.9 Å². The Labute approximate surface area is 278 Å². The maximum absolute atomic E-state index is 14.0. The highest BCUT2D eigenvalue weighted by molar-refractivity contribution is 6.00. The second kappa shape index (κ2) is 16.6. The average molecular weight is 670 g/mol. The van der Waals surface area contributed by atoms with Crippen molar-refractivity contribution in [1.82, 2.24) is 4.90 Å². The van der Waals surface area contributed by atoms with Crippen LogP contribution in [0.3, 0.4) is 0 Å². The number of carbonyl (C=O) groups is 5. The third-order valence-corrected chi connectivity index (χ3v) is 9.24. The summed E-state index contributed by atoms with van der Waals surface area (Å²) in [5, 5.41) is 11.4. The van der Waals surface area contributed by atoms with E-state index in [1.54, 1.807) is 27.7 Å². The number of methoxy groups -OCH3 is 1. The number of hydrogen-bond acceptors (Lipinski definition) is 13. The van der Waals surface area contributed by atoms with Crippen LogP contribution < -0.4 is 0 Å². The van der Waals surface area contributed by atoms with Gasteiger partial charge in [-0.15, -0.1) is 0 Å². The SMILES string of the molecule is CC[C@H]1OC(=O)[C@H](C)C(=O)[C@H](C)[C@@H](O[C@@H]2O[C@H](C)C[C@H](N(C)C)[C@H]2OC(C)=O)[C@@](C)(OC)C[C@@H](C)C(=O)/C(COC(C)=O)=C/[C@]1(C)O. The van der Waals surface area contributed by atoms with Crippen molar-refractivity contribution in [2.45, 2.75) is 130 Å². The van der Waals surface area contributed by atoms with Crippen LogP contribution in [0.5, 0.6) is 0 Å². The summed E-state index contributed by atoms with van der Waals surface area (Å²) in [7, 11) is 5.13. The molecule has 11 atom stereocenters. The van der Waals surface area contributed by atoms with Crippen LogP contribution >= 0.6 is 0 Å². The predicted molar refractivity (Wildman–Crippen MR) is 170 cm³/mol. The van der Waals surface area contributed by atoms with Crippen LogP contribution in [-0.4, -0.2) is 115 Å². The number of aliphatic hydroxyl groups is 1. The first-order valence-corrected chi connectivity index (χ1v) is 16.2. The highest BCUT2D eigenvalue weighted by Gasteiger charge is 2.51. The second-order valence-electron chi connectivity index (χ2n) is 13.6. The highest BCUT2D eigenvalue weighted by Crippen LogP contribution is 2.38. The van der Waals surface area contributed by atoms with Crippen molar-refractivity contribution < 1.29 is 57.5 Å². The number of cyclic esters (lactones) is 1. The summed E-state index contributed by atoms with van der Waals surface area (Å²) in [6.45, 7) is 13.4. The Balaban J connectivity index is 2.74. The minimum absolute atomic E-state index is 0.00513. The van der Waals surface area contributed by atoms with E-state index in [0.29, 0.717) is 6.42 Å². The molecule has 2 aliphatic rings. The smallest absolute Gasteiger partial charge is 0.316 e. The molecule has 13 heteroatoms. The number of ether oxygens (including phenoxy) is 6. The number of Topliss-reactive ketones (excluding diaryl/α,β-unsaturated/α-hetero) is 2. The first-order chi connectivity index (χ1) is 21.7. The lowest BCUT2D eigenvalue weighted by Crippen LogP contribution is -2.60. The largest absolute Gasteiger partial charge is 0.461 e. The van der Waals surface area contributed by atoms with Crippen molar-refractivity contribution in [2.24, 2.45) is 17.8 Å². The van der Waals surface area contributed by atoms with Crippen molar-refractivity contribution in [2.75, 3.05) is 27.8 Å². The lowest BCUT2D eigenvalue weighted by molar-refractivity contribution is -0.297. The minimum Gasteiger partial charge on any atom is -0.461 e. The van der Waals surface area contributed by atoms with E-state index in [2.05, 4.69) is 0 Å². The number of hydrogen-bond donors (Lipinski definition) is 1. The van der Waals surface area contributed by atoms with Gasteiger partial charge in [0.05, 0.1) is 23.9 Å². The molecule has 13 nitrogen and oxygen atoms in total. The van der Waals surface area contributed by atoms with Gasteiger partial charge in [0.25, 0.3) is 0 Å². The van der Waals surface area contributed by atoms with Crippen LogP contribution in [0, 0.1) is 17.8 Å². The van der Waals surface area contributed by atoms with Gasteiger partial charge in [-0.1, -0.05) is 20.8 Å². The Bertz CT molecular complexity index is 1180. The summed E-state index contributed by atoms with van der Waals surface area (Å²) < 4.78 is 35.4. The number of rotatable bonds is 8. The van der Waals surface area contributed by atoms with E-state index < -0.39 is 89.6 Å². The zero-order valence-electron chi connectivity index (χ0n) is 30.0. The van der Waals surface area contributed by atoms with Gasteiger partial charge in [-0.25, -0.2) is 0 Å². The molecule has 0 radical (unpaired) electrons. The van der Waals surface area contributed by atoms with Crippen LogP contribution in [0.4, 0.5) is 0 Å². The van der Waals surface area contributed by atoms with E-state index in [-0.39, 0.29) is 30.6 Å². The molecule has 0 bridgehead atoms. The second-order valence-corrected chi connectivity index (χ2v) is 13.6. The third kappa shape index (κ3) is 10.1. The summed E-state index contributed by atoms with van der Waals surface area (Å²) in [6, 6.07) is -0.284. The normalized spacial score (nSPS) is 39.0. The molecule has 0 aromatic rings. The van der Waals surface area contributed by atoms with Crippen LogP contribution in [0.1, 0.15) is 81.6 Å². The molecule has 0 aromatic carbocycles. The Morgan fingerprint density at radius 1 is 1.06 bits per heavy atom. The highest BCUT2D eigenvalue weighted by atomic mass is 16.7. The summed E-state index contributed by atoms with van der Waals surface area (Å²) in [4.78, 5) is 67.3. The fourth-order valence-corrected chi connectivity index (χ4v) is 6.55. The molecule has 0 aromatic heterocycles. The van der Waals surface area contributed by atoms with E-state index in [4.69, 9.17) is 28.4 Å². The van der Waals surface area contributed by atoms with Gasteiger partial charge in [0.15, 0.2) is 24.0 Å². The van der Waals surface area contributed by atoms with Gasteiger partial charge in [0.2, 0.25) is 0 Å². The Kier molecular flexibility index (Phi) is 14.3. The first-order valence-electron chi connectivity index (χ1n) is 16.2. The van der Waals surface area contributed by atoms with Crippen molar-refractivity contribution in [3.05, 3.63) is 11.6 Å². The molecular formula is C34H55NO12. The van der Waals surface area contributed by atoms with Gasteiger partial charge in [0.1, 0.15) is 24.2 Å².